The highest BCUT2D eigenvalue weighted by molar-refractivity contribution is 5.90. The molecule has 3 rings (SSSR count). The molecule has 0 amide bonds. The summed E-state index contributed by atoms with van der Waals surface area (Å²) in [5, 5.41) is 18.4. The maximum atomic E-state index is 12.9. The van der Waals surface area contributed by atoms with Crippen molar-refractivity contribution >= 4 is 17.6 Å². The van der Waals surface area contributed by atoms with E-state index in [0.717, 1.165) is 12.1 Å². The third-order valence-corrected chi connectivity index (χ3v) is 4.27. The highest BCUT2D eigenvalue weighted by Gasteiger charge is 2.30. The van der Waals surface area contributed by atoms with Gasteiger partial charge in [0, 0.05) is 5.56 Å². The fourth-order valence-corrected chi connectivity index (χ4v) is 2.83. The summed E-state index contributed by atoms with van der Waals surface area (Å²) in [6.45, 7) is 1.74. The molecule has 0 aliphatic rings. The van der Waals surface area contributed by atoms with Gasteiger partial charge in [0.15, 0.2) is 0 Å². The van der Waals surface area contributed by atoms with Crippen molar-refractivity contribution in [1.82, 2.24) is 0 Å². The van der Waals surface area contributed by atoms with E-state index in [1.807, 2.05) is 6.07 Å². The number of hydrogen-bond acceptors (Lipinski definition) is 3. The number of rotatable bonds is 4. The SMILES string of the molecule is Cc1cc(C(=O)O)ccc1-c1ccc(/C=C(/C#N)c2cccc(C(F)(F)F)c2)o1. The molecule has 0 spiro atoms. The van der Waals surface area contributed by atoms with Crippen LogP contribution in [0.2, 0.25) is 0 Å². The predicted octanol–water partition coefficient (Wildman–Crippen LogP) is 6.04. The lowest BCUT2D eigenvalue weighted by atomic mass is 10.0. The zero-order chi connectivity index (χ0) is 21.2. The van der Waals surface area contributed by atoms with E-state index in [9.17, 15) is 23.2 Å². The van der Waals surface area contributed by atoms with E-state index in [-0.39, 0.29) is 22.5 Å². The minimum atomic E-state index is -4.51. The van der Waals surface area contributed by atoms with E-state index < -0.39 is 17.7 Å². The number of allylic oxidation sites excluding steroid dienone is 1. The Kier molecular flexibility index (Phi) is 5.29. The number of furan rings is 1. The molecule has 1 heterocycles. The van der Waals surface area contributed by atoms with Gasteiger partial charge in [0.2, 0.25) is 0 Å². The van der Waals surface area contributed by atoms with Gasteiger partial charge in [-0.15, -0.1) is 0 Å². The van der Waals surface area contributed by atoms with Crippen LogP contribution in [-0.2, 0) is 6.18 Å². The maximum Gasteiger partial charge on any atom is 0.416 e. The number of alkyl halides is 3. The summed E-state index contributed by atoms with van der Waals surface area (Å²) < 4.78 is 44.4. The first-order chi connectivity index (χ1) is 13.7. The Bertz CT molecular complexity index is 1150. The van der Waals surface area contributed by atoms with Crippen LogP contribution in [0.4, 0.5) is 13.2 Å². The number of halogens is 3. The number of aryl methyl sites for hydroxylation is 1. The Hall–Kier alpha value is -3.79. The number of benzene rings is 2. The van der Waals surface area contributed by atoms with Crippen molar-refractivity contribution in [2.24, 2.45) is 0 Å². The zero-order valence-corrected chi connectivity index (χ0v) is 15.1. The second-order valence-corrected chi connectivity index (χ2v) is 6.29. The van der Waals surface area contributed by atoms with Crippen molar-refractivity contribution in [3.05, 3.63) is 82.6 Å². The maximum absolute atomic E-state index is 12.9. The smallest absolute Gasteiger partial charge is 0.416 e. The van der Waals surface area contributed by atoms with Crippen LogP contribution in [0.15, 0.2) is 59.0 Å². The van der Waals surface area contributed by atoms with Gasteiger partial charge in [-0.2, -0.15) is 18.4 Å². The standard InChI is InChI=1S/C22H14F3NO3/c1-13-9-15(21(27)28)5-7-19(13)20-8-6-18(29-20)11-16(12-26)14-3-2-4-17(10-14)22(23,24)25/h2-11H,1H3,(H,27,28)/b16-11-. The summed E-state index contributed by atoms with van der Waals surface area (Å²) in [6.07, 6.45) is -3.14. The quantitative estimate of drug-likeness (QED) is 0.545. The van der Waals surface area contributed by atoms with Gasteiger partial charge in [0.05, 0.1) is 22.8 Å². The molecular formula is C22H14F3NO3. The van der Waals surface area contributed by atoms with Crippen LogP contribution in [0.1, 0.15) is 32.8 Å². The Morgan fingerprint density at radius 3 is 2.48 bits per heavy atom. The van der Waals surface area contributed by atoms with Crippen LogP contribution in [-0.4, -0.2) is 11.1 Å². The summed E-state index contributed by atoms with van der Waals surface area (Å²) in [7, 11) is 0. The Labute approximate surface area is 164 Å². The number of aromatic carboxylic acids is 1. The zero-order valence-electron chi connectivity index (χ0n) is 15.1. The lowest BCUT2D eigenvalue weighted by Crippen LogP contribution is -2.04. The number of hydrogen-bond donors (Lipinski definition) is 1. The fraction of sp³-hybridized carbons (Fsp3) is 0.0909. The average molecular weight is 397 g/mol. The van der Waals surface area contributed by atoms with Gasteiger partial charge in [-0.25, -0.2) is 4.79 Å². The summed E-state index contributed by atoms with van der Waals surface area (Å²) in [4.78, 5) is 11.0. The van der Waals surface area contributed by atoms with Crippen molar-refractivity contribution in [3.8, 4) is 17.4 Å². The van der Waals surface area contributed by atoms with E-state index in [1.165, 1.54) is 30.3 Å². The highest BCUT2D eigenvalue weighted by atomic mass is 19.4. The van der Waals surface area contributed by atoms with Gasteiger partial charge >= 0.3 is 12.1 Å². The van der Waals surface area contributed by atoms with Gasteiger partial charge < -0.3 is 9.52 Å². The molecular weight excluding hydrogens is 383 g/mol. The van der Waals surface area contributed by atoms with Crippen molar-refractivity contribution in [2.75, 3.05) is 0 Å². The second kappa shape index (κ2) is 7.68. The van der Waals surface area contributed by atoms with Gasteiger partial charge in [-0.3, -0.25) is 0 Å². The van der Waals surface area contributed by atoms with Gasteiger partial charge in [0.1, 0.15) is 11.5 Å². The Balaban J connectivity index is 1.95. The molecule has 0 aliphatic carbocycles. The normalized spacial score (nSPS) is 11.9. The molecule has 29 heavy (non-hydrogen) atoms. The monoisotopic (exact) mass is 397 g/mol. The van der Waals surface area contributed by atoms with Crippen LogP contribution in [0.5, 0.6) is 0 Å². The molecule has 1 N–H and O–H groups in total. The van der Waals surface area contributed by atoms with Crippen LogP contribution in [0.3, 0.4) is 0 Å². The number of carboxylic acids is 1. The van der Waals surface area contributed by atoms with E-state index in [2.05, 4.69) is 0 Å². The van der Waals surface area contributed by atoms with Crippen LogP contribution >= 0.6 is 0 Å². The number of nitrogens with zero attached hydrogens (tertiary/aromatic N) is 1. The van der Waals surface area contributed by atoms with Crippen LogP contribution < -0.4 is 0 Å². The molecule has 0 bridgehead atoms. The first-order valence-electron chi connectivity index (χ1n) is 8.42. The summed E-state index contributed by atoms with van der Waals surface area (Å²) in [5.41, 5.74) is 0.817. The minimum Gasteiger partial charge on any atom is -0.478 e. The van der Waals surface area contributed by atoms with Crippen LogP contribution in [0, 0.1) is 18.3 Å². The van der Waals surface area contributed by atoms with E-state index in [0.29, 0.717) is 16.9 Å². The molecule has 146 valence electrons. The van der Waals surface area contributed by atoms with E-state index in [4.69, 9.17) is 9.52 Å². The molecule has 0 saturated heterocycles. The Morgan fingerprint density at radius 1 is 1.10 bits per heavy atom. The van der Waals surface area contributed by atoms with E-state index in [1.54, 1.807) is 25.1 Å². The van der Waals surface area contributed by atoms with Crippen molar-refractivity contribution in [2.45, 2.75) is 13.1 Å². The van der Waals surface area contributed by atoms with Crippen molar-refractivity contribution in [1.29, 1.82) is 5.26 Å². The minimum absolute atomic E-state index is 0.0231. The highest BCUT2D eigenvalue weighted by Crippen LogP contribution is 2.32. The molecule has 2 aromatic carbocycles. The molecule has 0 aliphatic heterocycles. The lowest BCUT2D eigenvalue weighted by molar-refractivity contribution is -0.137. The van der Waals surface area contributed by atoms with Crippen molar-refractivity contribution < 1.29 is 27.5 Å². The number of carbonyl (C=O) groups is 1. The molecule has 3 aromatic rings. The Morgan fingerprint density at radius 2 is 1.86 bits per heavy atom. The van der Waals surface area contributed by atoms with Crippen molar-refractivity contribution in [3.63, 3.8) is 0 Å². The molecule has 0 fully saturated rings. The molecule has 4 nitrogen and oxygen atoms in total. The summed E-state index contributed by atoms with van der Waals surface area (Å²) in [6, 6.07) is 14.2. The number of nitriles is 1. The first-order valence-corrected chi connectivity index (χ1v) is 8.42. The summed E-state index contributed by atoms with van der Waals surface area (Å²) in [5.74, 6) is -0.301. The lowest BCUT2D eigenvalue weighted by Gasteiger charge is -2.08. The second-order valence-electron chi connectivity index (χ2n) is 6.29. The molecule has 0 atom stereocenters. The number of carboxylic acid groups (broad SMARTS) is 1. The molecule has 0 saturated carbocycles. The fourth-order valence-electron chi connectivity index (χ4n) is 2.83. The average Bonchev–Trinajstić information content (AvgIpc) is 3.13. The summed E-state index contributed by atoms with van der Waals surface area (Å²) >= 11 is 0. The third-order valence-electron chi connectivity index (χ3n) is 4.27. The van der Waals surface area contributed by atoms with E-state index >= 15 is 0 Å². The third kappa shape index (κ3) is 4.38. The van der Waals surface area contributed by atoms with Gasteiger partial charge in [0.25, 0.3) is 0 Å². The molecule has 1 aromatic heterocycles. The first kappa shape index (κ1) is 20.0. The van der Waals surface area contributed by atoms with Gasteiger partial charge in [-0.1, -0.05) is 18.2 Å². The van der Waals surface area contributed by atoms with Crippen LogP contribution in [0.25, 0.3) is 23.0 Å². The van der Waals surface area contributed by atoms with Gasteiger partial charge in [-0.05, 0) is 60.5 Å². The molecule has 7 heteroatoms. The molecule has 0 unspecified atom stereocenters. The topological polar surface area (TPSA) is 74.2 Å². The molecule has 0 radical (unpaired) electrons. The largest absolute Gasteiger partial charge is 0.478 e. The predicted molar refractivity (Wildman–Crippen MR) is 101 cm³/mol.